The van der Waals surface area contributed by atoms with Crippen LogP contribution in [0.1, 0.15) is 6.92 Å². The molecule has 0 saturated carbocycles. The van der Waals surface area contributed by atoms with Crippen LogP contribution in [0.5, 0.6) is 0 Å². The number of phosphoric ester groups is 1. The van der Waals surface area contributed by atoms with Crippen molar-refractivity contribution in [2.24, 2.45) is 0 Å². The summed E-state index contributed by atoms with van der Waals surface area (Å²) in [6, 6.07) is 0. The van der Waals surface area contributed by atoms with Crippen LogP contribution in [0, 0.1) is 0 Å². The van der Waals surface area contributed by atoms with Gasteiger partial charge in [-0.2, -0.15) is 0 Å². The fraction of sp³-hybridized carbons (Fsp3) is 0.625. The molecule has 1 atom stereocenters. The van der Waals surface area contributed by atoms with Crippen molar-refractivity contribution >= 4 is 13.8 Å². The third kappa shape index (κ3) is 13.3. The van der Waals surface area contributed by atoms with Gasteiger partial charge in [-0.05, 0) is 21.0 Å². The average Bonchev–Trinajstić information content (AvgIpc) is 2.17. The van der Waals surface area contributed by atoms with Gasteiger partial charge in [0.1, 0.15) is 0 Å². The van der Waals surface area contributed by atoms with Gasteiger partial charge in [0.15, 0.2) is 6.23 Å². The predicted molar refractivity (Wildman–Crippen MR) is 58.5 cm³/mol. The lowest BCUT2D eigenvalue weighted by molar-refractivity contribution is -0.149. The first-order valence-electron chi connectivity index (χ1n) is 4.24. The topological polar surface area (TPSA) is 96.3 Å². The second-order valence-electron chi connectivity index (χ2n) is 2.88. The number of rotatable bonds is 4. The van der Waals surface area contributed by atoms with E-state index in [2.05, 4.69) is 11.1 Å². The molecule has 0 fully saturated rings. The molecule has 8 heteroatoms. The van der Waals surface area contributed by atoms with Crippen molar-refractivity contribution in [2.45, 2.75) is 13.2 Å². The predicted octanol–water partition coefficient (Wildman–Crippen LogP) is 0.349. The number of hydrogen-bond acceptors (Lipinski definition) is 5. The minimum absolute atomic E-state index is 0.189. The van der Waals surface area contributed by atoms with Gasteiger partial charge in [0.25, 0.3) is 0 Å². The van der Waals surface area contributed by atoms with E-state index in [0.29, 0.717) is 0 Å². The molecule has 96 valence electrons. The van der Waals surface area contributed by atoms with Crippen LogP contribution < -0.4 is 0 Å². The summed E-state index contributed by atoms with van der Waals surface area (Å²) in [6.45, 7) is 5.07. The van der Waals surface area contributed by atoms with Gasteiger partial charge >= 0.3 is 13.8 Å². The van der Waals surface area contributed by atoms with E-state index >= 15 is 0 Å². The average molecular weight is 255 g/mol. The zero-order chi connectivity index (χ0) is 13.4. The van der Waals surface area contributed by atoms with Gasteiger partial charge < -0.3 is 14.5 Å². The van der Waals surface area contributed by atoms with Crippen LogP contribution in [0.4, 0.5) is 0 Å². The number of esters is 1. The van der Waals surface area contributed by atoms with Crippen molar-refractivity contribution in [1.82, 2.24) is 4.90 Å². The first-order valence-corrected chi connectivity index (χ1v) is 5.77. The highest BCUT2D eigenvalue weighted by Crippen LogP contribution is 2.33. The minimum atomic E-state index is -4.15. The standard InChI is InChI=1S/C7H13NO2.CH5O4P/c1-5-7(9)10-6(2)8(3)4;1-5-6(2,3)4/h5-6H,1H2,2-4H3;1H3,(H2,2,3,4). The molecule has 0 radical (unpaired) electrons. The van der Waals surface area contributed by atoms with E-state index in [1.807, 2.05) is 14.1 Å². The molecule has 0 amide bonds. The maximum Gasteiger partial charge on any atom is 0.469 e. The number of carbonyl (C=O) groups is 1. The molecule has 0 rings (SSSR count). The van der Waals surface area contributed by atoms with E-state index < -0.39 is 7.82 Å². The molecule has 0 aliphatic heterocycles. The maximum atomic E-state index is 10.6. The van der Waals surface area contributed by atoms with E-state index in [0.717, 1.165) is 13.2 Å². The van der Waals surface area contributed by atoms with Crippen LogP contribution in [0.25, 0.3) is 0 Å². The molecule has 7 nitrogen and oxygen atoms in total. The lowest BCUT2D eigenvalue weighted by Gasteiger charge is -2.18. The highest BCUT2D eigenvalue weighted by Gasteiger charge is 2.07. The molecule has 0 heterocycles. The Morgan fingerprint density at radius 2 is 1.88 bits per heavy atom. The van der Waals surface area contributed by atoms with Crippen molar-refractivity contribution in [2.75, 3.05) is 21.2 Å². The molecular formula is C8H18NO6P. The number of carbonyl (C=O) groups excluding carboxylic acids is 1. The molecule has 1 unspecified atom stereocenters. The summed E-state index contributed by atoms with van der Waals surface area (Å²) in [5.41, 5.74) is 0. The number of ether oxygens (including phenoxy) is 1. The van der Waals surface area contributed by atoms with Crippen molar-refractivity contribution < 1.29 is 28.4 Å². The van der Waals surface area contributed by atoms with Gasteiger partial charge in [-0.25, -0.2) is 9.36 Å². The molecule has 16 heavy (non-hydrogen) atoms. The third-order valence-corrected chi connectivity index (χ3v) is 1.89. The van der Waals surface area contributed by atoms with Crippen LogP contribution in [0.2, 0.25) is 0 Å². The third-order valence-electron chi connectivity index (χ3n) is 1.42. The van der Waals surface area contributed by atoms with E-state index in [1.165, 1.54) is 0 Å². The Morgan fingerprint density at radius 1 is 1.50 bits per heavy atom. The van der Waals surface area contributed by atoms with Crippen LogP contribution in [-0.4, -0.2) is 48.1 Å². The highest BCUT2D eigenvalue weighted by molar-refractivity contribution is 7.46. The van der Waals surface area contributed by atoms with Crippen molar-refractivity contribution in [3.05, 3.63) is 12.7 Å². The molecule has 0 saturated heterocycles. The molecule has 2 N–H and O–H groups in total. The summed E-state index contributed by atoms with van der Waals surface area (Å²) < 4.78 is 17.9. The van der Waals surface area contributed by atoms with Gasteiger partial charge in [0, 0.05) is 13.2 Å². The molecule has 0 aromatic carbocycles. The monoisotopic (exact) mass is 255 g/mol. The molecule has 0 aliphatic carbocycles. The lowest BCUT2D eigenvalue weighted by atomic mass is 10.6. The van der Waals surface area contributed by atoms with Crippen molar-refractivity contribution in [1.29, 1.82) is 0 Å². The largest absolute Gasteiger partial charge is 0.469 e. The second-order valence-corrected chi connectivity index (χ2v) is 4.22. The lowest BCUT2D eigenvalue weighted by Crippen LogP contribution is -2.29. The van der Waals surface area contributed by atoms with Crippen molar-refractivity contribution in [3.63, 3.8) is 0 Å². The van der Waals surface area contributed by atoms with Gasteiger partial charge in [-0.15, -0.1) is 0 Å². The fourth-order valence-corrected chi connectivity index (χ4v) is 0.322. The molecular weight excluding hydrogens is 237 g/mol. The first-order chi connectivity index (χ1) is 7.14. The second kappa shape index (κ2) is 8.43. The first kappa shape index (κ1) is 17.7. The van der Waals surface area contributed by atoms with E-state index in [4.69, 9.17) is 14.5 Å². The van der Waals surface area contributed by atoms with Crippen molar-refractivity contribution in [3.8, 4) is 0 Å². The normalized spacial score (nSPS) is 12.4. The minimum Gasteiger partial charge on any atom is -0.444 e. The maximum absolute atomic E-state index is 10.6. The van der Waals surface area contributed by atoms with E-state index in [9.17, 15) is 9.36 Å². The smallest absolute Gasteiger partial charge is 0.444 e. The summed E-state index contributed by atoms with van der Waals surface area (Å²) in [5, 5.41) is 0. The zero-order valence-electron chi connectivity index (χ0n) is 9.78. The Bertz CT molecular complexity index is 261. The molecule has 0 aromatic rings. The van der Waals surface area contributed by atoms with Gasteiger partial charge in [0.05, 0.1) is 0 Å². The zero-order valence-corrected chi connectivity index (χ0v) is 10.7. The van der Waals surface area contributed by atoms with Crippen LogP contribution >= 0.6 is 7.82 Å². The summed E-state index contributed by atoms with van der Waals surface area (Å²) >= 11 is 0. The number of nitrogens with zero attached hydrogens (tertiary/aromatic N) is 1. The molecule has 0 bridgehead atoms. The van der Waals surface area contributed by atoms with E-state index in [-0.39, 0.29) is 12.2 Å². The van der Waals surface area contributed by atoms with Gasteiger partial charge in [-0.3, -0.25) is 9.42 Å². The quantitative estimate of drug-likeness (QED) is 0.324. The molecule has 0 spiro atoms. The molecule has 0 aliphatic rings. The Labute approximate surface area is 94.9 Å². The number of hydrogen-bond donors (Lipinski definition) is 2. The summed E-state index contributed by atoms with van der Waals surface area (Å²) in [7, 11) is 0.467. The van der Waals surface area contributed by atoms with Gasteiger partial charge in [-0.1, -0.05) is 6.58 Å². The SMILES string of the molecule is C=CC(=O)OC(C)N(C)C.COP(=O)(O)O. The van der Waals surface area contributed by atoms with Crippen LogP contribution in [0.3, 0.4) is 0 Å². The number of phosphoric acid groups is 1. The Kier molecular flexibility index (Phi) is 9.31. The van der Waals surface area contributed by atoms with E-state index in [1.54, 1.807) is 11.8 Å². The Morgan fingerprint density at radius 3 is 2.06 bits per heavy atom. The van der Waals surface area contributed by atoms with Gasteiger partial charge in [0.2, 0.25) is 0 Å². The summed E-state index contributed by atoms with van der Waals surface area (Å²) in [4.78, 5) is 27.8. The summed E-state index contributed by atoms with van der Waals surface area (Å²) in [5.74, 6) is -0.388. The Hall–Kier alpha value is -0.720. The summed E-state index contributed by atoms with van der Waals surface area (Å²) in [6.07, 6.45) is 0.963. The fourth-order valence-electron chi connectivity index (χ4n) is 0.322. The van der Waals surface area contributed by atoms with Crippen LogP contribution in [0.15, 0.2) is 12.7 Å². The Balaban J connectivity index is 0. The van der Waals surface area contributed by atoms with Crippen LogP contribution in [-0.2, 0) is 18.6 Å². The highest BCUT2D eigenvalue weighted by atomic mass is 31.2. The molecule has 0 aromatic heterocycles.